The first-order chi connectivity index (χ1) is 5.59. The summed E-state index contributed by atoms with van der Waals surface area (Å²) in [6, 6.07) is -0.794. The minimum absolute atomic E-state index is 0. The van der Waals surface area contributed by atoms with Gasteiger partial charge in [0.2, 0.25) is 0 Å². The van der Waals surface area contributed by atoms with E-state index in [4.69, 9.17) is 15.6 Å². The van der Waals surface area contributed by atoms with Gasteiger partial charge in [0.05, 0.1) is 5.97 Å². The molecule has 0 rings (SSSR count). The number of carboxylic acids is 1. The Morgan fingerprint density at radius 1 is 1.69 bits per heavy atom. The van der Waals surface area contributed by atoms with Crippen LogP contribution in [0.2, 0.25) is 0 Å². The second-order valence-corrected chi connectivity index (χ2v) is 2.79. The SMILES string of the molecule is CSCC[C@H](N)C(=O)[O-].O=C[O-].[Zn+2]. The number of carbonyl (C=O) groups excluding carboxylic acids is 2. The molecule has 0 saturated carbocycles. The van der Waals surface area contributed by atoms with Crippen LogP contribution in [0.4, 0.5) is 0 Å². The molecule has 0 aliphatic heterocycles. The Morgan fingerprint density at radius 3 is 2.31 bits per heavy atom. The zero-order valence-corrected chi connectivity index (χ0v) is 11.2. The minimum atomic E-state index is -1.16. The molecule has 0 spiro atoms. The van der Waals surface area contributed by atoms with E-state index in [2.05, 4.69) is 0 Å². The summed E-state index contributed by atoms with van der Waals surface area (Å²) in [5.74, 6) is -0.390. The molecule has 0 aromatic carbocycles. The molecule has 0 aliphatic rings. The second kappa shape index (κ2) is 14.4. The smallest absolute Gasteiger partial charge is 0.554 e. The van der Waals surface area contributed by atoms with Crippen molar-refractivity contribution < 1.29 is 39.3 Å². The van der Waals surface area contributed by atoms with Crippen molar-refractivity contribution in [1.29, 1.82) is 0 Å². The number of rotatable bonds is 4. The molecule has 0 aromatic heterocycles. The van der Waals surface area contributed by atoms with Crippen molar-refractivity contribution in [3.05, 3.63) is 0 Å². The van der Waals surface area contributed by atoms with Crippen LogP contribution in [0.3, 0.4) is 0 Å². The van der Waals surface area contributed by atoms with E-state index in [1.807, 2.05) is 6.26 Å². The van der Waals surface area contributed by atoms with E-state index in [0.29, 0.717) is 6.42 Å². The summed E-state index contributed by atoms with van der Waals surface area (Å²) in [7, 11) is 0. The number of nitrogens with two attached hydrogens (primary N) is 1. The Morgan fingerprint density at radius 2 is 2.08 bits per heavy atom. The van der Waals surface area contributed by atoms with Gasteiger partial charge in [0, 0.05) is 12.5 Å². The van der Waals surface area contributed by atoms with E-state index in [-0.39, 0.29) is 19.5 Å². The molecule has 5 nitrogen and oxygen atoms in total. The molecule has 0 radical (unpaired) electrons. The third-order valence-electron chi connectivity index (χ3n) is 0.936. The van der Waals surface area contributed by atoms with Gasteiger partial charge in [-0.25, -0.2) is 0 Å². The second-order valence-electron chi connectivity index (χ2n) is 1.80. The summed E-state index contributed by atoms with van der Waals surface area (Å²) >= 11 is 1.58. The summed E-state index contributed by atoms with van der Waals surface area (Å²) in [6.07, 6.45) is 2.39. The molecule has 0 amide bonds. The van der Waals surface area contributed by atoms with Gasteiger partial charge < -0.3 is 25.5 Å². The zero-order chi connectivity index (χ0) is 9.98. The number of carboxylic acid groups (broad SMARTS) is 2. The summed E-state index contributed by atoms with van der Waals surface area (Å²) in [5, 5.41) is 18.2. The summed E-state index contributed by atoms with van der Waals surface area (Å²) in [6.45, 7) is -0.500. The van der Waals surface area contributed by atoms with E-state index >= 15 is 0 Å². The molecule has 0 bridgehead atoms. The molecule has 0 fully saturated rings. The third-order valence-corrected chi connectivity index (χ3v) is 1.58. The number of carbonyl (C=O) groups is 2. The fourth-order valence-corrected chi connectivity index (χ4v) is 0.852. The van der Waals surface area contributed by atoms with Crippen molar-refractivity contribution in [3.8, 4) is 0 Å². The molecular formula is C6H11NO4SZn. The largest absolute Gasteiger partial charge is 2.00 e. The summed E-state index contributed by atoms with van der Waals surface area (Å²) in [5.41, 5.74) is 5.13. The van der Waals surface area contributed by atoms with Crippen molar-refractivity contribution in [1.82, 2.24) is 0 Å². The predicted octanol–water partition coefficient (Wildman–Crippen LogP) is -2.82. The monoisotopic (exact) mass is 257 g/mol. The van der Waals surface area contributed by atoms with Gasteiger partial charge in [0.25, 0.3) is 0 Å². The fraction of sp³-hybridized carbons (Fsp3) is 0.667. The van der Waals surface area contributed by atoms with Gasteiger partial charge in [-0.2, -0.15) is 11.8 Å². The van der Waals surface area contributed by atoms with Gasteiger partial charge in [-0.05, 0) is 18.4 Å². The average Bonchev–Trinajstić information content (AvgIpc) is 2.01. The van der Waals surface area contributed by atoms with Crippen LogP contribution >= 0.6 is 11.8 Å². The summed E-state index contributed by atoms with van der Waals surface area (Å²) in [4.78, 5) is 18.2. The van der Waals surface area contributed by atoms with Crippen molar-refractivity contribution >= 4 is 24.2 Å². The van der Waals surface area contributed by atoms with Crippen molar-refractivity contribution in [3.63, 3.8) is 0 Å². The molecule has 1 atom stereocenters. The third kappa shape index (κ3) is 18.7. The number of aliphatic carboxylic acids is 1. The molecule has 0 unspecified atom stereocenters. The first kappa shape index (κ1) is 18.6. The Kier molecular flexibility index (Phi) is 20.6. The van der Waals surface area contributed by atoms with Crippen molar-refractivity contribution in [2.24, 2.45) is 5.73 Å². The van der Waals surface area contributed by atoms with Crippen LogP contribution in [-0.4, -0.2) is 30.5 Å². The maximum absolute atomic E-state index is 9.96. The van der Waals surface area contributed by atoms with E-state index in [1.54, 1.807) is 11.8 Å². The molecule has 0 aliphatic carbocycles. The van der Waals surface area contributed by atoms with Crippen LogP contribution in [0.25, 0.3) is 0 Å². The zero-order valence-electron chi connectivity index (χ0n) is 7.39. The average molecular weight is 259 g/mol. The van der Waals surface area contributed by atoms with Gasteiger partial charge in [-0.3, -0.25) is 0 Å². The van der Waals surface area contributed by atoms with Gasteiger partial charge in [0.1, 0.15) is 0 Å². The van der Waals surface area contributed by atoms with Gasteiger partial charge in [-0.15, -0.1) is 0 Å². The summed E-state index contributed by atoms with van der Waals surface area (Å²) < 4.78 is 0. The molecule has 72 valence electrons. The Labute approximate surface area is 93.8 Å². The molecule has 0 saturated heterocycles. The topological polar surface area (TPSA) is 106 Å². The fourth-order valence-electron chi connectivity index (χ4n) is 0.363. The molecule has 2 N–H and O–H groups in total. The van der Waals surface area contributed by atoms with E-state index < -0.39 is 18.5 Å². The maximum atomic E-state index is 9.96. The van der Waals surface area contributed by atoms with E-state index in [1.165, 1.54) is 0 Å². The van der Waals surface area contributed by atoms with Crippen molar-refractivity contribution in [2.45, 2.75) is 12.5 Å². The van der Waals surface area contributed by atoms with Gasteiger partial charge in [0.15, 0.2) is 0 Å². The molecular weight excluding hydrogens is 248 g/mol. The standard InChI is InChI=1S/C5H11NO2S.CH2O2.Zn/c1-9-3-2-4(6)5(7)8;2-1-3;/h4H,2-3,6H2,1H3,(H,7,8);1H,(H,2,3);/q;;+2/p-2/t4-;;/m0../s1. The van der Waals surface area contributed by atoms with Crippen LogP contribution in [0.1, 0.15) is 6.42 Å². The molecule has 0 aromatic rings. The Balaban J connectivity index is -0.000000220. The molecule has 7 heteroatoms. The maximum Gasteiger partial charge on any atom is 2.00 e. The van der Waals surface area contributed by atoms with E-state index in [0.717, 1.165) is 5.75 Å². The van der Waals surface area contributed by atoms with Crippen LogP contribution in [0.5, 0.6) is 0 Å². The number of hydrogen-bond acceptors (Lipinski definition) is 6. The molecule has 13 heavy (non-hydrogen) atoms. The van der Waals surface area contributed by atoms with Gasteiger partial charge >= 0.3 is 19.5 Å². The molecule has 0 heterocycles. The quantitative estimate of drug-likeness (QED) is 0.431. The van der Waals surface area contributed by atoms with Crippen molar-refractivity contribution in [2.75, 3.05) is 12.0 Å². The Bertz CT molecular complexity index is 136. The van der Waals surface area contributed by atoms with Crippen LogP contribution in [-0.2, 0) is 29.1 Å². The van der Waals surface area contributed by atoms with E-state index in [9.17, 15) is 9.90 Å². The van der Waals surface area contributed by atoms with Crippen LogP contribution < -0.4 is 15.9 Å². The van der Waals surface area contributed by atoms with Crippen LogP contribution in [0, 0.1) is 0 Å². The first-order valence-electron chi connectivity index (χ1n) is 3.11. The predicted molar refractivity (Wildman–Crippen MR) is 42.0 cm³/mol. The van der Waals surface area contributed by atoms with Gasteiger partial charge in [-0.1, -0.05) is 0 Å². The number of thioether (sulfide) groups is 1. The van der Waals surface area contributed by atoms with Crippen LogP contribution in [0.15, 0.2) is 0 Å². The normalized spacial score (nSPS) is 10.0. The first-order valence-corrected chi connectivity index (χ1v) is 4.50. The number of hydrogen-bond donors (Lipinski definition) is 1. The minimum Gasteiger partial charge on any atom is -0.554 e. The Hall–Kier alpha value is -0.127.